The van der Waals surface area contributed by atoms with E-state index in [-0.39, 0.29) is 5.78 Å². The molecule has 0 spiro atoms. The van der Waals surface area contributed by atoms with Crippen molar-refractivity contribution in [3.8, 4) is 0 Å². The quantitative estimate of drug-likeness (QED) is 0.674. The van der Waals surface area contributed by atoms with Gasteiger partial charge in [-0.1, -0.05) is 6.92 Å². The molecule has 0 radical (unpaired) electrons. The number of aryl methyl sites for hydroxylation is 1. The number of ketones is 1. The molecule has 14 heavy (non-hydrogen) atoms. The minimum absolute atomic E-state index is 0.240. The molecule has 0 atom stereocenters. The Bertz CT molecular complexity index is 293. The molecule has 0 unspecified atom stereocenters. The van der Waals surface area contributed by atoms with E-state index in [2.05, 4.69) is 10.4 Å². The van der Waals surface area contributed by atoms with Gasteiger partial charge in [0.2, 0.25) is 0 Å². The second-order valence-electron chi connectivity index (χ2n) is 3.30. The minimum Gasteiger partial charge on any atom is -0.317 e. The van der Waals surface area contributed by atoms with E-state index in [0.29, 0.717) is 12.8 Å². The average molecular weight is 195 g/mol. The first-order chi connectivity index (χ1) is 6.72. The van der Waals surface area contributed by atoms with Gasteiger partial charge in [-0.3, -0.25) is 9.48 Å². The Morgan fingerprint density at radius 2 is 2.43 bits per heavy atom. The van der Waals surface area contributed by atoms with E-state index >= 15 is 0 Å². The lowest BCUT2D eigenvalue weighted by Crippen LogP contribution is -2.18. The summed E-state index contributed by atoms with van der Waals surface area (Å²) in [6.45, 7) is 3.71. The molecule has 1 aromatic heterocycles. The molecule has 1 aromatic rings. The number of hydrogen-bond acceptors (Lipinski definition) is 3. The van der Waals surface area contributed by atoms with Crippen LogP contribution in [-0.2, 0) is 18.3 Å². The summed E-state index contributed by atoms with van der Waals surface area (Å²) >= 11 is 0. The van der Waals surface area contributed by atoms with Crippen LogP contribution in [0.25, 0.3) is 0 Å². The van der Waals surface area contributed by atoms with Gasteiger partial charge < -0.3 is 5.32 Å². The molecule has 0 aliphatic rings. The van der Waals surface area contributed by atoms with E-state index in [1.807, 2.05) is 26.2 Å². The van der Waals surface area contributed by atoms with Crippen molar-refractivity contribution in [3.63, 3.8) is 0 Å². The Morgan fingerprint density at radius 1 is 1.64 bits per heavy atom. The highest BCUT2D eigenvalue weighted by atomic mass is 16.1. The molecule has 1 heterocycles. The van der Waals surface area contributed by atoms with Crippen molar-refractivity contribution in [3.05, 3.63) is 18.0 Å². The molecule has 0 aliphatic heterocycles. The van der Waals surface area contributed by atoms with Crippen LogP contribution < -0.4 is 5.32 Å². The Hall–Kier alpha value is -1.16. The molecule has 0 amide bonds. The van der Waals surface area contributed by atoms with Gasteiger partial charge in [0.1, 0.15) is 5.78 Å². The lowest BCUT2D eigenvalue weighted by molar-refractivity contribution is -0.118. The first kappa shape index (κ1) is 10.9. The van der Waals surface area contributed by atoms with Crippen molar-refractivity contribution < 1.29 is 4.79 Å². The van der Waals surface area contributed by atoms with E-state index < -0.39 is 0 Å². The zero-order valence-corrected chi connectivity index (χ0v) is 8.79. The molecule has 78 valence electrons. The Morgan fingerprint density at radius 3 is 3.00 bits per heavy atom. The van der Waals surface area contributed by atoms with Gasteiger partial charge in [-0.15, -0.1) is 0 Å². The van der Waals surface area contributed by atoms with E-state index in [1.165, 1.54) is 0 Å². The summed E-state index contributed by atoms with van der Waals surface area (Å²) in [5.74, 6) is 0.240. The molecule has 1 N–H and O–H groups in total. The fourth-order valence-corrected chi connectivity index (χ4v) is 1.25. The summed E-state index contributed by atoms with van der Waals surface area (Å²) < 4.78 is 1.72. The summed E-state index contributed by atoms with van der Waals surface area (Å²) in [5.41, 5.74) is 0.856. The number of carbonyl (C=O) groups is 1. The molecule has 4 nitrogen and oxygen atoms in total. The molecule has 0 saturated heterocycles. The number of carbonyl (C=O) groups excluding carboxylic acids is 1. The maximum Gasteiger partial charge on any atom is 0.140 e. The molecule has 0 bridgehead atoms. The molecule has 0 aromatic carbocycles. The van der Waals surface area contributed by atoms with Crippen LogP contribution in [0.5, 0.6) is 0 Å². The summed E-state index contributed by atoms with van der Waals surface area (Å²) in [5, 5.41) is 7.28. The molecule has 4 heteroatoms. The smallest absolute Gasteiger partial charge is 0.140 e. The zero-order valence-electron chi connectivity index (χ0n) is 8.79. The highest BCUT2D eigenvalue weighted by Gasteiger charge is 2.04. The van der Waals surface area contributed by atoms with E-state index in [9.17, 15) is 4.79 Å². The summed E-state index contributed by atoms with van der Waals surface area (Å²) in [6.07, 6.45) is 2.89. The van der Waals surface area contributed by atoms with Gasteiger partial charge in [-0.05, 0) is 12.6 Å². The van der Waals surface area contributed by atoms with Gasteiger partial charge >= 0.3 is 0 Å². The summed E-state index contributed by atoms with van der Waals surface area (Å²) in [4.78, 5) is 11.4. The number of hydrogen-bond donors (Lipinski definition) is 1. The fourth-order valence-electron chi connectivity index (χ4n) is 1.25. The normalized spacial score (nSPS) is 10.4. The third kappa shape index (κ3) is 3.70. The maximum atomic E-state index is 11.4. The van der Waals surface area contributed by atoms with Gasteiger partial charge in [0, 0.05) is 26.2 Å². The SMILES string of the molecule is CCNCCC(=O)Cc1ccn(C)n1. The third-order valence-electron chi connectivity index (χ3n) is 1.98. The Balaban J connectivity index is 2.27. The van der Waals surface area contributed by atoms with Crippen LogP contribution in [0.1, 0.15) is 19.0 Å². The van der Waals surface area contributed by atoms with E-state index in [4.69, 9.17) is 0 Å². The largest absolute Gasteiger partial charge is 0.317 e. The van der Waals surface area contributed by atoms with Crippen LogP contribution in [-0.4, -0.2) is 28.7 Å². The Labute approximate surface area is 84.3 Å². The van der Waals surface area contributed by atoms with Crippen molar-refractivity contribution in [1.29, 1.82) is 0 Å². The molecule has 0 saturated carbocycles. The van der Waals surface area contributed by atoms with Crippen LogP contribution in [0.3, 0.4) is 0 Å². The van der Waals surface area contributed by atoms with Gasteiger partial charge in [0.05, 0.1) is 12.1 Å². The fraction of sp³-hybridized carbons (Fsp3) is 0.600. The van der Waals surface area contributed by atoms with Crippen LogP contribution in [0, 0.1) is 0 Å². The standard InChI is InChI=1S/C10H17N3O/c1-3-11-6-4-10(14)8-9-5-7-13(2)12-9/h5,7,11H,3-4,6,8H2,1-2H3. The van der Waals surface area contributed by atoms with Crippen LogP contribution in [0.15, 0.2) is 12.3 Å². The van der Waals surface area contributed by atoms with Crippen LogP contribution >= 0.6 is 0 Å². The lowest BCUT2D eigenvalue weighted by atomic mass is 10.2. The topological polar surface area (TPSA) is 46.9 Å². The van der Waals surface area contributed by atoms with Crippen molar-refractivity contribution in [2.45, 2.75) is 19.8 Å². The van der Waals surface area contributed by atoms with Gasteiger partial charge in [-0.25, -0.2) is 0 Å². The number of rotatable bonds is 6. The van der Waals surface area contributed by atoms with Crippen molar-refractivity contribution in [1.82, 2.24) is 15.1 Å². The van der Waals surface area contributed by atoms with Gasteiger partial charge in [0.15, 0.2) is 0 Å². The van der Waals surface area contributed by atoms with E-state index in [1.54, 1.807) is 4.68 Å². The minimum atomic E-state index is 0.240. The molecule has 1 rings (SSSR count). The first-order valence-corrected chi connectivity index (χ1v) is 4.93. The molecule has 0 aliphatic carbocycles. The Kier molecular flexibility index (Phi) is 4.32. The highest BCUT2D eigenvalue weighted by Crippen LogP contribution is 1.98. The molecular weight excluding hydrogens is 178 g/mol. The number of nitrogens with one attached hydrogen (secondary N) is 1. The predicted octanol–water partition coefficient (Wildman–Crippen LogP) is 0.531. The number of nitrogens with zero attached hydrogens (tertiary/aromatic N) is 2. The third-order valence-corrected chi connectivity index (χ3v) is 1.98. The molecular formula is C10H17N3O. The lowest BCUT2D eigenvalue weighted by Gasteiger charge is -1.99. The second kappa shape index (κ2) is 5.54. The summed E-state index contributed by atoms with van der Waals surface area (Å²) in [6, 6.07) is 1.88. The van der Waals surface area contributed by atoms with Gasteiger partial charge in [0.25, 0.3) is 0 Å². The zero-order chi connectivity index (χ0) is 10.4. The first-order valence-electron chi connectivity index (χ1n) is 4.93. The van der Waals surface area contributed by atoms with Gasteiger partial charge in [-0.2, -0.15) is 5.10 Å². The highest BCUT2D eigenvalue weighted by molar-refractivity contribution is 5.80. The second-order valence-corrected chi connectivity index (χ2v) is 3.30. The predicted molar refractivity (Wildman–Crippen MR) is 55.1 cm³/mol. The average Bonchev–Trinajstić information content (AvgIpc) is 2.52. The van der Waals surface area contributed by atoms with E-state index in [0.717, 1.165) is 18.8 Å². The maximum absolute atomic E-state index is 11.4. The number of aromatic nitrogens is 2. The van der Waals surface area contributed by atoms with Crippen LogP contribution in [0.4, 0.5) is 0 Å². The number of Topliss-reactive ketones (excluding diaryl/α,β-unsaturated/α-hetero) is 1. The van der Waals surface area contributed by atoms with Crippen molar-refractivity contribution in [2.75, 3.05) is 13.1 Å². The van der Waals surface area contributed by atoms with Crippen molar-refractivity contribution >= 4 is 5.78 Å². The molecule has 0 fully saturated rings. The van der Waals surface area contributed by atoms with Crippen molar-refractivity contribution in [2.24, 2.45) is 7.05 Å². The monoisotopic (exact) mass is 195 g/mol. The summed E-state index contributed by atoms with van der Waals surface area (Å²) in [7, 11) is 1.85. The van der Waals surface area contributed by atoms with Crippen LogP contribution in [0.2, 0.25) is 0 Å².